The van der Waals surface area contributed by atoms with Gasteiger partial charge in [0, 0.05) is 9.50 Å². The van der Waals surface area contributed by atoms with E-state index >= 15 is 0 Å². The maximum absolute atomic E-state index is 10.1. The Hall–Kier alpha value is -0.0500. The van der Waals surface area contributed by atoms with Gasteiger partial charge in [-0.1, -0.05) is 60.3 Å². The second-order valence-electron chi connectivity index (χ2n) is 4.31. The summed E-state index contributed by atoms with van der Waals surface area (Å²) in [6.07, 6.45) is 2.62. The molecule has 1 nitrogen and oxygen atoms in total. The van der Waals surface area contributed by atoms with Crippen molar-refractivity contribution in [3.8, 4) is 0 Å². The number of hydrogen-bond donors (Lipinski definition) is 1. The first-order chi connectivity index (χ1) is 7.54. The Kier molecular flexibility index (Phi) is 5.81. The second-order valence-corrected chi connectivity index (χ2v) is 5.63. The van der Waals surface area contributed by atoms with Crippen molar-refractivity contribution in [3.05, 3.63) is 33.3 Å². The van der Waals surface area contributed by atoms with Gasteiger partial charge in [-0.3, -0.25) is 0 Å². The summed E-state index contributed by atoms with van der Waals surface area (Å²) in [5, 5.41) is 10.7. The highest BCUT2D eigenvalue weighted by atomic mass is 79.9. The Bertz CT molecular complexity index is 341. The first-order valence-corrected chi connectivity index (χ1v) is 6.84. The largest absolute Gasteiger partial charge is 0.388 e. The third-order valence-electron chi connectivity index (χ3n) is 2.73. The Balaban J connectivity index is 2.69. The van der Waals surface area contributed by atoms with Crippen LogP contribution in [-0.4, -0.2) is 5.11 Å². The maximum atomic E-state index is 10.1. The van der Waals surface area contributed by atoms with E-state index in [1.165, 1.54) is 0 Å². The third kappa shape index (κ3) is 4.08. The molecule has 0 bridgehead atoms. The van der Waals surface area contributed by atoms with E-state index in [0.717, 1.165) is 29.3 Å². The third-order valence-corrected chi connectivity index (χ3v) is 3.55. The molecular weight excluding hydrogens is 287 g/mol. The normalized spacial score (nSPS) is 14.8. The average Bonchev–Trinajstić information content (AvgIpc) is 2.17. The molecule has 2 unspecified atom stereocenters. The molecular formula is C13H18BrClO. The lowest BCUT2D eigenvalue weighted by molar-refractivity contribution is 0.145. The quantitative estimate of drug-likeness (QED) is 0.815. The van der Waals surface area contributed by atoms with Crippen LogP contribution in [0.15, 0.2) is 22.7 Å². The molecule has 16 heavy (non-hydrogen) atoms. The van der Waals surface area contributed by atoms with Crippen LogP contribution in [0.3, 0.4) is 0 Å². The number of hydrogen-bond acceptors (Lipinski definition) is 1. The van der Waals surface area contributed by atoms with E-state index in [4.69, 9.17) is 11.6 Å². The first-order valence-electron chi connectivity index (χ1n) is 5.67. The standard InChI is InChI=1S/C13H18BrClO/c1-3-4-9(2)7-13(16)11-6-5-10(14)8-12(11)15/h5-6,8-9,13,16H,3-4,7H2,1-2H3. The minimum atomic E-state index is -0.456. The molecule has 0 fully saturated rings. The van der Waals surface area contributed by atoms with Gasteiger partial charge in [-0.05, 0) is 30.0 Å². The summed E-state index contributed by atoms with van der Waals surface area (Å²) < 4.78 is 0.940. The first kappa shape index (κ1) is 14.0. The highest BCUT2D eigenvalue weighted by Gasteiger charge is 2.14. The van der Waals surface area contributed by atoms with Crippen LogP contribution in [0.4, 0.5) is 0 Å². The van der Waals surface area contributed by atoms with Gasteiger partial charge in [-0.2, -0.15) is 0 Å². The van der Waals surface area contributed by atoms with E-state index in [9.17, 15) is 5.11 Å². The molecule has 0 spiro atoms. The summed E-state index contributed by atoms with van der Waals surface area (Å²) in [5.41, 5.74) is 0.827. The lowest BCUT2D eigenvalue weighted by Gasteiger charge is -2.17. The highest BCUT2D eigenvalue weighted by molar-refractivity contribution is 9.10. The zero-order valence-electron chi connectivity index (χ0n) is 9.71. The van der Waals surface area contributed by atoms with Gasteiger partial charge in [0.25, 0.3) is 0 Å². The monoisotopic (exact) mass is 304 g/mol. The van der Waals surface area contributed by atoms with Gasteiger partial charge in [0.15, 0.2) is 0 Å². The topological polar surface area (TPSA) is 20.2 Å². The minimum absolute atomic E-state index is 0.456. The summed E-state index contributed by atoms with van der Waals surface area (Å²) in [5.74, 6) is 0.528. The molecule has 3 heteroatoms. The van der Waals surface area contributed by atoms with Crippen LogP contribution in [0.1, 0.15) is 44.8 Å². The number of aliphatic hydroxyl groups is 1. The zero-order chi connectivity index (χ0) is 12.1. The molecule has 0 aliphatic carbocycles. The van der Waals surface area contributed by atoms with Gasteiger partial charge < -0.3 is 5.11 Å². The fourth-order valence-corrected chi connectivity index (χ4v) is 2.69. The number of halogens is 2. The van der Waals surface area contributed by atoms with Crippen molar-refractivity contribution in [3.63, 3.8) is 0 Å². The van der Waals surface area contributed by atoms with Crippen molar-refractivity contribution in [1.29, 1.82) is 0 Å². The van der Waals surface area contributed by atoms with E-state index < -0.39 is 6.10 Å². The SMILES string of the molecule is CCCC(C)CC(O)c1ccc(Br)cc1Cl. The van der Waals surface area contributed by atoms with Crippen LogP contribution in [0.25, 0.3) is 0 Å². The van der Waals surface area contributed by atoms with E-state index in [2.05, 4.69) is 29.8 Å². The average molecular weight is 306 g/mol. The van der Waals surface area contributed by atoms with Crippen LogP contribution in [0.5, 0.6) is 0 Å². The van der Waals surface area contributed by atoms with Crippen LogP contribution in [0, 0.1) is 5.92 Å². The lowest BCUT2D eigenvalue weighted by Crippen LogP contribution is -2.05. The van der Waals surface area contributed by atoms with Gasteiger partial charge in [0.1, 0.15) is 0 Å². The molecule has 2 atom stereocenters. The summed E-state index contributed by atoms with van der Waals surface area (Å²) in [7, 11) is 0. The smallest absolute Gasteiger partial charge is 0.0807 e. The fraction of sp³-hybridized carbons (Fsp3) is 0.538. The summed E-state index contributed by atoms with van der Waals surface area (Å²) in [4.78, 5) is 0. The molecule has 0 saturated heterocycles. The molecule has 1 aromatic rings. The van der Waals surface area contributed by atoms with E-state index in [1.54, 1.807) is 0 Å². The molecule has 0 saturated carbocycles. The maximum Gasteiger partial charge on any atom is 0.0807 e. The van der Waals surface area contributed by atoms with Crippen molar-refractivity contribution in [2.45, 2.75) is 39.2 Å². The second kappa shape index (κ2) is 6.63. The Morgan fingerprint density at radius 1 is 1.44 bits per heavy atom. The zero-order valence-corrected chi connectivity index (χ0v) is 12.1. The van der Waals surface area contributed by atoms with Crippen molar-refractivity contribution >= 4 is 27.5 Å². The van der Waals surface area contributed by atoms with Crippen molar-refractivity contribution in [2.24, 2.45) is 5.92 Å². The molecule has 1 aromatic carbocycles. The van der Waals surface area contributed by atoms with Crippen LogP contribution in [0.2, 0.25) is 5.02 Å². The van der Waals surface area contributed by atoms with Gasteiger partial charge in [-0.15, -0.1) is 0 Å². The highest BCUT2D eigenvalue weighted by Crippen LogP contribution is 2.30. The minimum Gasteiger partial charge on any atom is -0.388 e. The van der Waals surface area contributed by atoms with E-state index in [1.807, 2.05) is 18.2 Å². The molecule has 0 aromatic heterocycles. The lowest BCUT2D eigenvalue weighted by atomic mass is 9.95. The van der Waals surface area contributed by atoms with Crippen molar-refractivity contribution < 1.29 is 5.11 Å². The molecule has 0 heterocycles. The van der Waals surface area contributed by atoms with Gasteiger partial charge in [0.05, 0.1) is 6.10 Å². The van der Waals surface area contributed by atoms with Crippen LogP contribution >= 0.6 is 27.5 Å². The summed E-state index contributed by atoms with van der Waals surface area (Å²) in [6.45, 7) is 4.33. The predicted molar refractivity (Wildman–Crippen MR) is 72.8 cm³/mol. The Morgan fingerprint density at radius 3 is 2.69 bits per heavy atom. The molecule has 0 radical (unpaired) electrons. The molecule has 1 N–H and O–H groups in total. The number of aliphatic hydroxyl groups excluding tert-OH is 1. The number of benzene rings is 1. The van der Waals surface area contributed by atoms with Gasteiger partial charge >= 0.3 is 0 Å². The molecule has 0 amide bonds. The Labute approximate surface area is 111 Å². The molecule has 1 rings (SSSR count). The van der Waals surface area contributed by atoms with Gasteiger partial charge in [0.2, 0.25) is 0 Å². The van der Waals surface area contributed by atoms with Crippen LogP contribution in [-0.2, 0) is 0 Å². The van der Waals surface area contributed by atoms with Crippen molar-refractivity contribution in [2.75, 3.05) is 0 Å². The van der Waals surface area contributed by atoms with Crippen LogP contribution < -0.4 is 0 Å². The summed E-state index contributed by atoms with van der Waals surface area (Å²) >= 11 is 9.45. The molecule has 90 valence electrons. The van der Waals surface area contributed by atoms with E-state index in [-0.39, 0.29) is 0 Å². The molecule has 0 aliphatic heterocycles. The fourth-order valence-electron chi connectivity index (χ4n) is 1.89. The number of rotatable bonds is 5. The summed E-state index contributed by atoms with van der Waals surface area (Å²) in [6, 6.07) is 5.62. The molecule has 0 aliphatic rings. The van der Waals surface area contributed by atoms with Gasteiger partial charge in [-0.25, -0.2) is 0 Å². The van der Waals surface area contributed by atoms with Crippen molar-refractivity contribution in [1.82, 2.24) is 0 Å². The Morgan fingerprint density at radius 2 is 2.12 bits per heavy atom. The van der Waals surface area contributed by atoms with E-state index in [0.29, 0.717) is 10.9 Å². The predicted octanol–water partition coefficient (Wildman–Crippen LogP) is 4.96.